The van der Waals surface area contributed by atoms with Crippen molar-refractivity contribution in [1.82, 2.24) is 0 Å². The number of carbonyl (C=O) groups is 1. The molecule has 1 heterocycles. The Morgan fingerprint density at radius 2 is 2.22 bits per heavy atom. The molecule has 0 amide bonds. The molecule has 0 aromatic heterocycles. The number of allylic oxidation sites excluding steroid dienone is 1. The van der Waals surface area contributed by atoms with Crippen molar-refractivity contribution in [1.29, 1.82) is 0 Å². The van der Waals surface area contributed by atoms with E-state index in [-0.39, 0.29) is 23.8 Å². The van der Waals surface area contributed by atoms with Gasteiger partial charge in [0.1, 0.15) is 6.54 Å². The van der Waals surface area contributed by atoms with Crippen molar-refractivity contribution in [3.05, 3.63) is 16.6 Å². The summed E-state index contributed by atoms with van der Waals surface area (Å²) in [5.74, 6) is 0.302. The van der Waals surface area contributed by atoms with Crippen molar-refractivity contribution < 1.29 is 9.53 Å². The van der Waals surface area contributed by atoms with Crippen LogP contribution in [0.4, 0.5) is 0 Å². The largest absolute Gasteiger partial charge is 0.364 e. The van der Waals surface area contributed by atoms with Crippen LogP contribution in [0.2, 0.25) is 0 Å². The number of hydrogen-bond donors (Lipinski definition) is 0. The van der Waals surface area contributed by atoms with Gasteiger partial charge in [-0.2, -0.15) is 4.91 Å². The summed E-state index contributed by atoms with van der Waals surface area (Å²) in [5.41, 5.74) is 0.118. The molecule has 1 saturated heterocycles. The van der Waals surface area contributed by atoms with Crippen LogP contribution < -0.4 is 0 Å². The summed E-state index contributed by atoms with van der Waals surface area (Å²) in [6, 6.07) is 0. The highest BCUT2D eigenvalue weighted by Gasteiger charge is 2.51. The molecule has 0 aromatic rings. The first kappa shape index (κ1) is 13.4. The number of hydrogen-bond acceptors (Lipinski definition) is 4. The zero-order valence-corrected chi connectivity index (χ0v) is 11.4. The molecule has 1 fully saturated rings. The smallest absolute Gasteiger partial charge is 0.156 e. The molecule has 1 aliphatic heterocycles. The van der Waals surface area contributed by atoms with Gasteiger partial charge in [-0.15, -0.1) is 0 Å². The molecule has 0 aromatic carbocycles. The fourth-order valence-electron chi connectivity index (χ4n) is 3.43. The van der Waals surface area contributed by atoms with Crippen LogP contribution >= 0.6 is 0 Å². The van der Waals surface area contributed by atoms with Crippen LogP contribution in [-0.2, 0) is 9.53 Å². The molecule has 4 heteroatoms. The second kappa shape index (κ2) is 4.57. The second-order valence-electron chi connectivity index (χ2n) is 5.97. The normalized spacial score (nSPS) is 34.7. The van der Waals surface area contributed by atoms with Crippen LogP contribution in [-0.4, -0.2) is 23.5 Å². The molecule has 2 aliphatic rings. The molecule has 0 bridgehead atoms. The summed E-state index contributed by atoms with van der Waals surface area (Å²) >= 11 is 0. The quantitative estimate of drug-likeness (QED) is 0.724. The summed E-state index contributed by atoms with van der Waals surface area (Å²) in [6.07, 6.45) is 4.84. The Bertz CT molecular complexity index is 400. The average Bonchev–Trinajstić information content (AvgIpc) is 2.30. The van der Waals surface area contributed by atoms with Crippen LogP contribution in [0.15, 0.2) is 16.8 Å². The van der Waals surface area contributed by atoms with E-state index in [0.717, 1.165) is 24.8 Å². The number of nitrogens with zero attached hydrogens (tertiary/aromatic N) is 1. The van der Waals surface area contributed by atoms with Gasteiger partial charge in [-0.25, -0.2) is 0 Å². The van der Waals surface area contributed by atoms with E-state index in [2.05, 4.69) is 25.9 Å². The highest BCUT2D eigenvalue weighted by atomic mass is 16.5. The van der Waals surface area contributed by atoms with Crippen LogP contribution in [0.1, 0.15) is 46.5 Å². The fourth-order valence-corrected chi connectivity index (χ4v) is 3.43. The van der Waals surface area contributed by atoms with E-state index in [1.165, 1.54) is 0 Å². The Morgan fingerprint density at radius 1 is 1.50 bits per heavy atom. The molecule has 2 atom stereocenters. The maximum atomic E-state index is 11.7. The first-order valence-electron chi connectivity index (χ1n) is 6.67. The number of carbonyl (C=O) groups excluding carboxylic acids is 1. The highest BCUT2D eigenvalue weighted by molar-refractivity contribution is 5.92. The SMILES string of the molecule is CCC12OC(C)(C)CCC1CC(=O)C=C2CN=O. The van der Waals surface area contributed by atoms with Crippen molar-refractivity contribution in [2.75, 3.05) is 6.54 Å². The van der Waals surface area contributed by atoms with Gasteiger partial charge in [0.15, 0.2) is 5.78 Å². The predicted molar refractivity (Wildman–Crippen MR) is 69.3 cm³/mol. The zero-order chi connectivity index (χ0) is 13.4. The standard InChI is InChI=1S/C14H21NO3/c1-4-14-10(5-6-13(2,3)18-14)7-12(16)8-11(14)9-15-17/h8,10H,4-7,9H2,1-3H3. The van der Waals surface area contributed by atoms with E-state index in [1.54, 1.807) is 6.08 Å². The first-order chi connectivity index (χ1) is 8.43. The van der Waals surface area contributed by atoms with Gasteiger partial charge in [-0.1, -0.05) is 12.1 Å². The Balaban J connectivity index is 2.43. The number of fused-ring (bicyclic) bond motifs is 1. The van der Waals surface area contributed by atoms with Gasteiger partial charge < -0.3 is 4.74 Å². The lowest BCUT2D eigenvalue weighted by Crippen LogP contribution is -2.55. The van der Waals surface area contributed by atoms with Gasteiger partial charge in [0.25, 0.3) is 0 Å². The lowest BCUT2D eigenvalue weighted by atomic mass is 9.67. The van der Waals surface area contributed by atoms with Crippen molar-refractivity contribution in [3.63, 3.8) is 0 Å². The number of ether oxygens (including phenoxy) is 1. The number of nitroso groups, excluding NO2 is 1. The molecular weight excluding hydrogens is 230 g/mol. The zero-order valence-electron chi connectivity index (χ0n) is 11.4. The van der Waals surface area contributed by atoms with E-state index in [4.69, 9.17) is 4.74 Å². The van der Waals surface area contributed by atoms with Gasteiger partial charge in [-0.3, -0.25) is 4.79 Å². The van der Waals surface area contributed by atoms with Crippen LogP contribution in [0.25, 0.3) is 0 Å². The van der Waals surface area contributed by atoms with Crippen molar-refractivity contribution in [2.24, 2.45) is 11.1 Å². The summed E-state index contributed by atoms with van der Waals surface area (Å²) in [6.45, 7) is 6.26. The molecule has 1 aliphatic carbocycles. The van der Waals surface area contributed by atoms with Crippen LogP contribution in [0.5, 0.6) is 0 Å². The molecule has 0 spiro atoms. The Morgan fingerprint density at radius 3 is 2.83 bits per heavy atom. The Labute approximate surface area is 108 Å². The third kappa shape index (κ3) is 2.14. The van der Waals surface area contributed by atoms with Gasteiger partial charge >= 0.3 is 0 Å². The number of rotatable bonds is 3. The van der Waals surface area contributed by atoms with Crippen molar-refractivity contribution >= 4 is 5.78 Å². The van der Waals surface area contributed by atoms with E-state index >= 15 is 0 Å². The van der Waals surface area contributed by atoms with E-state index in [9.17, 15) is 9.70 Å². The summed E-state index contributed by atoms with van der Waals surface area (Å²) in [4.78, 5) is 22.4. The monoisotopic (exact) mass is 251 g/mol. The average molecular weight is 251 g/mol. The molecule has 0 radical (unpaired) electrons. The molecular formula is C14H21NO3. The lowest BCUT2D eigenvalue weighted by Gasteiger charge is -2.52. The maximum Gasteiger partial charge on any atom is 0.156 e. The molecule has 2 unspecified atom stereocenters. The first-order valence-corrected chi connectivity index (χ1v) is 6.67. The van der Waals surface area contributed by atoms with E-state index in [1.807, 2.05) is 0 Å². The van der Waals surface area contributed by atoms with Gasteiger partial charge in [0, 0.05) is 6.42 Å². The van der Waals surface area contributed by atoms with E-state index in [0.29, 0.717) is 6.42 Å². The van der Waals surface area contributed by atoms with Crippen LogP contribution in [0.3, 0.4) is 0 Å². The van der Waals surface area contributed by atoms with Crippen molar-refractivity contribution in [2.45, 2.75) is 57.7 Å². The van der Waals surface area contributed by atoms with E-state index < -0.39 is 5.60 Å². The minimum Gasteiger partial charge on any atom is -0.364 e. The fraction of sp³-hybridized carbons (Fsp3) is 0.786. The Hall–Kier alpha value is -1.03. The lowest BCUT2D eigenvalue weighted by molar-refractivity contribution is -0.190. The van der Waals surface area contributed by atoms with Crippen molar-refractivity contribution in [3.8, 4) is 0 Å². The molecule has 0 saturated carbocycles. The molecule has 0 N–H and O–H groups in total. The minimum atomic E-state index is -0.455. The van der Waals surface area contributed by atoms with Gasteiger partial charge in [0.05, 0.1) is 11.2 Å². The molecule has 2 rings (SSSR count). The van der Waals surface area contributed by atoms with Gasteiger partial charge in [0.2, 0.25) is 0 Å². The van der Waals surface area contributed by atoms with Crippen LogP contribution in [0, 0.1) is 10.8 Å². The highest BCUT2D eigenvalue weighted by Crippen LogP contribution is 2.49. The third-order valence-electron chi connectivity index (χ3n) is 4.30. The summed E-state index contributed by atoms with van der Waals surface area (Å²) in [7, 11) is 0. The van der Waals surface area contributed by atoms with Gasteiger partial charge in [-0.05, 0) is 50.7 Å². The number of ketones is 1. The third-order valence-corrected chi connectivity index (χ3v) is 4.30. The summed E-state index contributed by atoms with van der Waals surface area (Å²) < 4.78 is 6.31. The topological polar surface area (TPSA) is 55.7 Å². The molecule has 100 valence electrons. The predicted octanol–water partition coefficient (Wildman–Crippen LogP) is 3.01. The summed E-state index contributed by atoms with van der Waals surface area (Å²) in [5, 5.41) is 2.98. The Kier molecular flexibility index (Phi) is 3.41. The maximum absolute atomic E-state index is 11.7. The second-order valence-corrected chi connectivity index (χ2v) is 5.97. The molecule has 18 heavy (non-hydrogen) atoms. The minimum absolute atomic E-state index is 0.0617. The molecule has 4 nitrogen and oxygen atoms in total.